The lowest BCUT2D eigenvalue weighted by Crippen LogP contribution is -2.30. The van der Waals surface area contributed by atoms with Crippen LogP contribution in [0.4, 0.5) is 11.8 Å². The summed E-state index contributed by atoms with van der Waals surface area (Å²) in [7, 11) is 0. The number of nitrogens with one attached hydrogen (secondary N) is 2. The summed E-state index contributed by atoms with van der Waals surface area (Å²) in [4.78, 5) is 9.23. The summed E-state index contributed by atoms with van der Waals surface area (Å²) in [5, 5.41) is 16.2. The van der Waals surface area contributed by atoms with Gasteiger partial charge in [-0.25, -0.2) is 4.98 Å². The number of rotatable bonds is 8. The molecule has 5 nitrogen and oxygen atoms in total. The van der Waals surface area contributed by atoms with Gasteiger partial charge in [-0.2, -0.15) is 4.98 Å². The first-order chi connectivity index (χ1) is 11.7. The molecule has 1 aliphatic carbocycles. The molecule has 1 atom stereocenters. The van der Waals surface area contributed by atoms with Gasteiger partial charge in [0.2, 0.25) is 5.95 Å². The van der Waals surface area contributed by atoms with E-state index < -0.39 is 0 Å². The SMILES string of the molecule is CC(C)[C@@H](CO)Nc1nc(NCc2ccccc2)cc(C2CC2)n1. The Bertz CT molecular complexity index is 656. The van der Waals surface area contributed by atoms with Gasteiger partial charge in [0.1, 0.15) is 5.82 Å². The fraction of sp³-hybridized carbons (Fsp3) is 0.474. The molecule has 3 rings (SSSR count). The molecule has 1 saturated carbocycles. The van der Waals surface area contributed by atoms with E-state index in [9.17, 15) is 5.11 Å². The second kappa shape index (κ2) is 7.62. The molecule has 0 unspecified atom stereocenters. The third kappa shape index (κ3) is 4.45. The third-order valence-corrected chi connectivity index (χ3v) is 4.37. The Morgan fingerprint density at radius 1 is 1.17 bits per heavy atom. The largest absolute Gasteiger partial charge is 0.394 e. The second-order valence-corrected chi connectivity index (χ2v) is 6.79. The summed E-state index contributed by atoms with van der Waals surface area (Å²) in [6.07, 6.45) is 2.39. The molecule has 0 spiro atoms. The van der Waals surface area contributed by atoms with Gasteiger partial charge in [-0.1, -0.05) is 44.2 Å². The maximum atomic E-state index is 9.54. The first-order valence-corrected chi connectivity index (χ1v) is 8.70. The van der Waals surface area contributed by atoms with Crippen molar-refractivity contribution in [3.63, 3.8) is 0 Å². The molecule has 5 heteroatoms. The number of nitrogens with zero attached hydrogens (tertiary/aromatic N) is 2. The summed E-state index contributed by atoms with van der Waals surface area (Å²) in [6.45, 7) is 4.96. The molecule has 1 aromatic heterocycles. The van der Waals surface area contributed by atoms with Crippen molar-refractivity contribution in [1.82, 2.24) is 9.97 Å². The molecule has 1 aliphatic rings. The Morgan fingerprint density at radius 2 is 1.92 bits per heavy atom. The minimum absolute atomic E-state index is 0.0403. The molecule has 1 heterocycles. The van der Waals surface area contributed by atoms with Crippen LogP contribution in [0.1, 0.15) is 43.9 Å². The van der Waals surface area contributed by atoms with E-state index in [0.717, 1.165) is 18.1 Å². The van der Waals surface area contributed by atoms with Crippen LogP contribution >= 0.6 is 0 Å². The molecule has 0 aliphatic heterocycles. The number of anilines is 2. The molecular formula is C19H26N4O. The van der Waals surface area contributed by atoms with Gasteiger partial charge in [0.25, 0.3) is 0 Å². The van der Waals surface area contributed by atoms with Crippen molar-refractivity contribution in [2.24, 2.45) is 5.92 Å². The number of aliphatic hydroxyl groups excluding tert-OH is 1. The van der Waals surface area contributed by atoms with E-state index in [1.807, 2.05) is 18.2 Å². The van der Waals surface area contributed by atoms with Gasteiger partial charge in [-0.05, 0) is 24.3 Å². The minimum Gasteiger partial charge on any atom is -0.394 e. The molecule has 0 amide bonds. The molecule has 0 bridgehead atoms. The second-order valence-electron chi connectivity index (χ2n) is 6.79. The van der Waals surface area contributed by atoms with Crippen molar-refractivity contribution in [3.05, 3.63) is 47.7 Å². The first-order valence-electron chi connectivity index (χ1n) is 8.70. The zero-order valence-electron chi connectivity index (χ0n) is 14.4. The van der Waals surface area contributed by atoms with E-state index in [-0.39, 0.29) is 12.6 Å². The van der Waals surface area contributed by atoms with Gasteiger partial charge in [0.05, 0.1) is 18.3 Å². The average molecular weight is 326 g/mol. The summed E-state index contributed by atoms with van der Waals surface area (Å²) < 4.78 is 0. The van der Waals surface area contributed by atoms with Crippen molar-refractivity contribution in [2.45, 2.75) is 45.2 Å². The van der Waals surface area contributed by atoms with Crippen molar-refractivity contribution >= 4 is 11.8 Å². The third-order valence-electron chi connectivity index (χ3n) is 4.37. The molecule has 3 N–H and O–H groups in total. The van der Waals surface area contributed by atoms with Crippen LogP contribution in [-0.2, 0) is 6.54 Å². The van der Waals surface area contributed by atoms with E-state index in [1.54, 1.807) is 0 Å². The van der Waals surface area contributed by atoms with E-state index in [0.29, 0.717) is 17.8 Å². The molecule has 2 aromatic rings. The Kier molecular flexibility index (Phi) is 5.30. The summed E-state index contributed by atoms with van der Waals surface area (Å²) >= 11 is 0. The first kappa shape index (κ1) is 16.7. The molecule has 0 saturated heterocycles. The lowest BCUT2D eigenvalue weighted by molar-refractivity contribution is 0.248. The smallest absolute Gasteiger partial charge is 0.225 e. The van der Waals surface area contributed by atoms with Crippen LogP contribution in [0, 0.1) is 5.92 Å². The lowest BCUT2D eigenvalue weighted by Gasteiger charge is -2.20. The molecule has 24 heavy (non-hydrogen) atoms. The topological polar surface area (TPSA) is 70.1 Å². The van der Waals surface area contributed by atoms with Gasteiger partial charge in [-0.15, -0.1) is 0 Å². The van der Waals surface area contributed by atoms with Gasteiger partial charge in [-0.3, -0.25) is 0 Å². The highest BCUT2D eigenvalue weighted by molar-refractivity contribution is 5.45. The van der Waals surface area contributed by atoms with E-state index in [1.165, 1.54) is 18.4 Å². The molecule has 0 radical (unpaired) electrons. The molecular weight excluding hydrogens is 300 g/mol. The number of hydrogen-bond donors (Lipinski definition) is 3. The number of benzene rings is 1. The van der Waals surface area contributed by atoms with E-state index in [4.69, 9.17) is 0 Å². The molecule has 1 aromatic carbocycles. The Labute approximate surface area is 143 Å². The normalized spacial score (nSPS) is 15.3. The Hall–Kier alpha value is -2.14. The number of hydrogen-bond acceptors (Lipinski definition) is 5. The highest BCUT2D eigenvalue weighted by atomic mass is 16.3. The zero-order chi connectivity index (χ0) is 16.9. The van der Waals surface area contributed by atoms with Crippen molar-refractivity contribution in [1.29, 1.82) is 0 Å². The fourth-order valence-electron chi connectivity index (χ4n) is 2.59. The van der Waals surface area contributed by atoms with Gasteiger partial charge in [0.15, 0.2) is 0 Å². The van der Waals surface area contributed by atoms with Crippen LogP contribution in [0.5, 0.6) is 0 Å². The summed E-state index contributed by atoms with van der Waals surface area (Å²) in [5.74, 6) is 2.29. The van der Waals surface area contributed by atoms with Gasteiger partial charge in [0, 0.05) is 18.5 Å². The predicted octanol–water partition coefficient (Wildman–Crippen LogP) is 3.39. The maximum absolute atomic E-state index is 9.54. The van der Waals surface area contributed by atoms with Crippen molar-refractivity contribution < 1.29 is 5.11 Å². The van der Waals surface area contributed by atoms with E-state index in [2.05, 4.69) is 52.6 Å². The monoisotopic (exact) mass is 326 g/mol. The molecule has 128 valence electrons. The maximum Gasteiger partial charge on any atom is 0.225 e. The highest BCUT2D eigenvalue weighted by Gasteiger charge is 2.26. The average Bonchev–Trinajstić information content (AvgIpc) is 3.43. The van der Waals surface area contributed by atoms with E-state index >= 15 is 0 Å². The van der Waals surface area contributed by atoms with Crippen LogP contribution in [0.3, 0.4) is 0 Å². The van der Waals surface area contributed by atoms with Gasteiger partial charge >= 0.3 is 0 Å². The summed E-state index contributed by atoms with van der Waals surface area (Å²) in [5.41, 5.74) is 2.30. The fourth-order valence-corrected chi connectivity index (χ4v) is 2.59. The quantitative estimate of drug-likeness (QED) is 0.693. The summed E-state index contributed by atoms with van der Waals surface area (Å²) in [6, 6.07) is 12.3. The Morgan fingerprint density at radius 3 is 2.54 bits per heavy atom. The molecule has 1 fully saturated rings. The highest BCUT2D eigenvalue weighted by Crippen LogP contribution is 2.40. The Balaban J connectivity index is 1.75. The van der Waals surface area contributed by atoms with Crippen molar-refractivity contribution in [2.75, 3.05) is 17.2 Å². The van der Waals surface area contributed by atoms with Gasteiger partial charge < -0.3 is 15.7 Å². The number of aromatic nitrogens is 2. The standard InChI is InChI=1S/C19H26N4O/c1-13(2)17(12-24)22-19-21-16(15-8-9-15)10-18(23-19)20-11-14-6-4-3-5-7-14/h3-7,10,13,15,17,24H,8-9,11-12H2,1-2H3,(H2,20,21,22,23)/t17-/m1/s1. The lowest BCUT2D eigenvalue weighted by atomic mass is 10.1. The van der Waals surface area contributed by atoms with Crippen molar-refractivity contribution in [3.8, 4) is 0 Å². The van der Waals surface area contributed by atoms with Crippen LogP contribution in [-0.4, -0.2) is 27.7 Å². The van der Waals surface area contributed by atoms with Crippen LogP contribution in [0.2, 0.25) is 0 Å². The number of aliphatic hydroxyl groups is 1. The van der Waals surface area contributed by atoms with Crippen LogP contribution < -0.4 is 10.6 Å². The predicted molar refractivity (Wildman–Crippen MR) is 97.1 cm³/mol. The van der Waals surface area contributed by atoms with Crippen LogP contribution in [0.15, 0.2) is 36.4 Å². The minimum atomic E-state index is -0.0403. The zero-order valence-corrected chi connectivity index (χ0v) is 14.4. The van der Waals surface area contributed by atoms with Crippen LogP contribution in [0.25, 0.3) is 0 Å².